The second-order valence-corrected chi connectivity index (χ2v) is 9.80. The molecule has 1 N–H and O–H groups in total. The molecule has 0 bridgehead atoms. The number of hydrogen-bond acceptors (Lipinski definition) is 5. The van der Waals surface area contributed by atoms with Crippen LogP contribution in [0.4, 0.5) is 0 Å². The zero-order valence-corrected chi connectivity index (χ0v) is 19.6. The van der Waals surface area contributed by atoms with Gasteiger partial charge in [0.1, 0.15) is 11.5 Å². The smallest absolute Gasteiger partial charge is 0.287 e. The molecule has 1 aliphatic rings. The zero-order chi connectivity index (χ0) is 23.1. The predicted octanol–water partition coefficient (Wildman–Crippen LogP) is 3.86. The standard InChI is InChI=1S/C24H30N2O5S/c1-18(2)23(24(27)25-17-19-9-5-6-10-22(19)30-3)31-20-11-13-21(14-12-20)32(28,29)26-15-7-4-8-16-26/h5-6,9-14H,4,7-8,15-17H2,1-3H3,(H,25,27). The van der Waals surface area contributed by atoms with Crippen molar-refractivity contribution >= 4 is 15.9 Å². The lowest BCUT2D eigenvalue weighted by atomic mass is 10.2. The van der Waals surface area contributed by atoms with E-state index in [0.29, 0.717) is 30.2 Å². The van der Waals surface area contributed by atoms with Crippen LogP contribution in [0.3, 0.4) is 0 Å². The molecular weight excluding hydrogens is 428 g/mol. The van der Waals surface area contributed by atoms with Gasteiger partial charge in [-0.15, -0.1) is 0 Å². The third-order valence-corrected chi connectivity index (χ3v) is 7.20. The largest absolute Gasteiger partial charge is 0.496 e. The first-order valence-corrected chi connectivity index (χ1v) is 12.1. The van der Waals surface area contributed by atoms with E-state index in [0.717, 1.165) is 24.8 Å². The summed E-state index contributed by atoms with van der Waals surface area (Å²) in [5.74, 6) is 0.900. The number of amides is 1. The molecule has 2 aromatic rings. The van der Waals surface area contributed by atoms with Crippen molar-refractivity contribution in [3.05, 3.63) is 65.4 Å². The first-order valence-electron chi connectivity index (χ1n) is 10.7. The van der Waals surface area contributed by atoms with Gasteiger partial charge in [0.15, 0.2) is 5.76 Å². The molecule has 2 aromatic carbocycles. The predicted molar refractivity (Wildman–Crippen MR) is 123 cm³/mol. The number of carbonyl (C=O) groups is 1. The van der Waals surface area contributed by atoms with Crippen molar-refractivity contribution < 1.29 is 22.7 Å². The van der Waals surface area contributed by atoms with Gasteiger partial charge in [0.05, 0.1) is 12.0 Å². The normalized spacial score (nSPS) is 14.5. The zero-order valence-electron chi connectivity index (χ0n) is 18.8. The van der Waals surface area contributed by atoms with E-state index in [4.69, 9.17) is 9.47 Å². The molecule has 1 fully saturated rings. The lowest BCUT2D eigenvalue weighted by Gasteiger charge is -2.25. The van der Waals surface area contributed by atoms with E-state index >= 15 is 0 Å². The van der Waals surface area contributed by atoms with Gasteiger partial charge in [-0.1, -0.05) is 24.6 Å². The second kappa shape index (κ2) is 10.7. The van der Waals surface area contributed by atoms with Crippen LogP contribution in [0.15, 0.2) is 64.8 Å². The third-order valence-electron chi connectivity index (χ3n) is 5.29. The molecule has 3 rings (SSSR count). The van der Waals surface area contributed by atoms with E-state index in [1.807, 2.05) is 24.3 Å². The summed E-state index contributed by atoms with van der Waals surface area (Å²) in [6, 6.07) is 13.7. The SMILES string of the molecule is COc1ccccc1CNC(=O)C(Oc1ccc(S(=O)(=O)N2CCCCC2)cc1)=C(C)C. The molecule has 0 saturated carbocycles. The third kappa shape index (κ3) is 5.69. The number of methoxy groups -OCH3 is 1. The number of piperidine rings is 1. The summed E-state index contributed by atoms with van der Waals surface area (Å²) in [6.45, 7) is 4.96. The number of nitrogens with one attached hydrogen (secondary N) is 1. The molecule has 7 nitrogen and oxygen atoms in total. The van der Waals surface area contributed by atoms with Crippen LogP contribution in [0.2, 0.25) is 0 Å². The quantitative estimate of drug-likeness (QED) is 0.480. The molecule has 0 spiro atoms. The Labute approximate surface area is 190 Å². The van der Waals surface area contributed by atoms with E-state index in [-0.39, 0.29) is 23.1 Å². The van der Waals surface area contributed by atoms with Gasteiger partial charge in [0.2, 0.25) is 10.0 Å². The van der Waals surface area contributed by atoms with Gasteiger partial charge in [-0.25, -0.2) is 8.42 Å². The lowest BCUT2D eigenvalue weighted by Crippen LogP contribution is -2.35. The van der Waals surface area contributed by atoms with Crippen LogP contribution in [0.25, 0.3) is 0 Å². The summed E-state index contributed by atoms with van der Waals surface area (Å²) in [4.78, 5) is 13.0. The molecule has 1 heterocycles. The van der Waals surface area contributed by atoms with E-state index < -0.39 is 10.0 Å². The fourth-order valence-corrected chi connectivity index (χ4v) is 5.05. The Kier molecular flexibility index (Phi) is 7.93. The minimum atomic E-state index is -3.51. The molecule has 1 saturated heterocycles. The monoisotopic (exact) mass is 458 g/mol. The van der Waals surface area contributed by atoms with E-state index in [2.05, 4.69) is 5.32 Å². The van der Waals surface area contributed by atoms with Gasteiger partial charge in [-0.05, 0) is 62.6 Å². The summed E-state index contributed by atoms with van der Waals surface area (Å²) in [5.41, 5.74) is 1.55. The highest BCUT2D eigenvalue weighted by atomic mass is 32.2. The molecule has 0 radical (unpaired) electrons. The average Bonchev–Trinajstić information content (AvgIpc) is 2.81. The number of rotatable bonds is 8. The molecule has 0 atom stereocenters. The summed E-state index contributed by atoms with van der Waals surface area (Å²) in [6.07, 6.45) is 2.83. The lowest BCUT2D eigenvalue weighted by molar-refractivity contribution is -0.119. The molecule has 0 aliphatic carbocycles. The van der Waals surface area contributed by atoms with Gasteiger partial charge >= 0.3 is 0 Å². The minimum Gasteiger partial charge on any atom is -0.496 e. The van der Waals surface area contributed by atoms with Crippen LogP contribution < -0.4 is 14.8 Å². The van der Waals surface area contributed by atoms with Gasteiger partial charge in [0, 0.05) is 25.2 Å². The summed E-state index contributed by atoms with van der Waals surface area (Å²) in [7, 11) is -1.93. The Hall–Kier alpha value is -2.84. The van der Waals surface area contributed by atoms with Crippen molar-refractivity contribution in [3.8, 4) is 11.5 Å². The van der Waals surface area contributed by atoms with Crippen LogP contribution in [-0.2, 0) is 21.4 Å². The molecule has 0 unspecified atom stereocenters. The van der Waals surface area contributed by atoms with Crippen molar-refractivity contribution in [2.24, 2.45) is 0 Å². The fourth-order valence-electron chi connectivity index (χ4n) is 3.53. The Bertz CT molecular complexity index is 1070. The van der Waals surface area contributed by atoms with E-state index in [1.165, 1.54) is 16.4 Å². The Balaban J connectivity index is 1.68. The van der Waals surface area contributed by atoms with Crippen molar-refractivity contribution in [1.29, 1.82) is 0 Å². The number of allylic oxidation sites excluding steroid dienone is 1. The summed E-state index contributed by atoms with van der Waals surface area (Å²) >= 11 is 0. The topological polar surface area (TPSA) is 84.9 Å². The van der Waals surface area contributed by atoms with Crippen molar-refractivity contribution in [3.63, 3.8) is 0 Å². The Morgan fingerprint density at radius 3 is 2.28 bits per heavy atom. The van der Waals surface area contributed by atoms with Crippen LogP contribution in [0.1, 0.15) is 38.7 Å². The maximum atomic E-state index is 12.8. The highest BCUT2D eigenvalue weighted by molar-refractivity contribution is 7.89. The van der Waals surface area contributed by atoms with E-state index in [1.54, 1.807) is 33.1 Å². The number of carbonyl (C=O) groups excluding carboxylic acids is 1. The molecule has 32 heavy (non-hydrogen) atoms. The minimum absolute atomic E-state index is 0.173. The van der Waals surface area contributed by atoms with E-state index in [9.17, 15) is 13.2 Å². The number of sulfonamides is 1. The number of benzene rings is 2. The molecule has 1 aliphatic heterocycles. The molecule has 172 valence electrons. The van der Waals surface area contributed by atoms with Crippen LogP contribution in [0, 0.1) is 0 Å². The van der Waals surface area contributed by atoms with Gasteiger partial charge in [-0.3, -0.25) is 4.79 Å². The number of hydrogen-bond donors (Lipinski definition) is 1. The first kappa shape index (κ1) is 23.8. The van der Waals surface area contributed by atoms with Gasteiger partial charge in [-0.2, -0.15) is 4.31 Å². The summed E-state index contributed by atoms with van der Waals surface area (Å²) in [5, 5.41) is 2.85. The average molecular weight is 459 g/mol. The van der Waals surface area contributed by atoms with Crippen molar-refractivity contribution in [2.45, 2.75) is 44.6 Å². The molecule has 0 aromatic heterocycles. The summed E-state index contributed by atoms with van der Waals surface area (Å²) < 4.78 is 38.3. The Morgan fingerprint density at radius 2 is 1.66 bits per heavy atom. The first-order chi connectivity index (χ1) is 15.3. The molecule has 1 amide bonds. The maximum absolute atomic E-state index is 12.8. The highest BCUT2D eigenvalue weighted by Gasteiger charge is 2.26. The van der Waals surface area contributed by atoms with Crippen molar-refractivity contribution in [2.75, 3.05) is 20.2 Å². The van der Waals surface area contributed by atoms with Gasteiger partial charge in [0.25, 0.3) is 5.91 Å². The number of para-hydroxylation sites is 1. The highest BCUT2D eigenvalue weighted by Crippen LogP contribution is 2.24. The van der Waals surface area contributed by atoms with Crippen LogP contribution in [0.5, 0.6) is 11.5 Å². The maximum Gasteiger partial charge on any atom is 0.287 e. The Morgan fingerprint density at radius 1 is 1.00 bits per heavy atom. The van der Waals surface area contributed by atoms with Crippen LogP contribution in [-0.4, -0.2) is 38.8 Å². The van der Waals surface area contributed by atoms with Crippen LogP contribution >= 0.6 is 0 Å². The van der Waals surface area contributed by atoms with Gasteiger partial charge < -0.3 is 14.8 Å². The number of ether oxygens (including phenoxy) is 2. The van der Waals surface area contributed by atoms with Crippen molar-refractivity contribution in [1.82, 2.24) is 9.62 Å². The number of nitrogens with zero attached hydrogens (tertiary/aromatic N) is 1. The molecule has 8 heteroatoms. The fraction of sp³-hybridized carbons (Fsp3) is 0.375. The molecular formula is C24H30N2O5S. The second-order valence-electron chi connectivity index (χ2n) is 7.86.